The molecule has 4 atom stereocenters. The largest absolute Gasteiger partial charge is 0.468 e. The van der Waals surface area contributed by atoms with Crippen molar-refractivity contribution in [1.29, 1.82) is 0 Å². The average Bonchev–Trinajstić information content (AvgIpc) is 2.94. The lowest BCUT2D eigenvalue weighted by Crippen LogP contribution is -2.40. The van der Waals surface area contributed by atoms with E-state index in [1.54, 1.807) is 0 Å². The summed E-state index contributed by atoms with van der Waals surface area (Å²) in [7, 11) is 2.69. The number of methoxy groups -OCH3 is 2. The first kappa shape index (κ1) is 15.1. The topological polar surface area (TPSA) is 52.6 Å². The Morgan fingerprint density at radius 2 is 1.79 bits per heavy atom. The van der Waals surface area contributed by atoms with Crippen molar-refractivity contribution in [3.05, 3.63) is 0 Å². The SMILES string of the molecule is COC(=O)C1(C(=O)OC)C[C@@H]2CC(CI)[C@@H](C)[C@@H]2C1. The summed E-state index contributed by atoms with van der Waals surface area (Å²) in [6.45, 7) is 2.25. The van der Waals surface area contributed by atoms with Gasteiger partial charge in [0.15, 0.2) is 5.41 Å². The number of hydrogen-bond donors (Lipinski definition) is 0. The lowest BCUT2D eigenvalue weighted by Gasteiger charge is -2.26. The molecule has 0 amide bonds. The maximum Gasteiger partial charge on any atom is 0.323 e. The van der Waals surface area contributed by atoms with Gasteiger partial charge in [-0.15, -0.1) is 0 Å². The molecule has 108 valence electrons. The third-order valence-electron chi connectivity index (χ3n) is 5.18. The van der Waals surface area contributed by atoms with Gasteiger partial charge < -0.3 is 9.47 Å². The zero-order chi connectivity index (χ0) is 14.2. The highest BCUT2D eigenvalue weighted by molar-refractivity contribution is 14.1. The van der Waals surface area contributed by atoms with E-state index in [1.807, 2.05) is 0 Å². The maximum absolute atomic E-state index is 12.1. The molecule has 0 bridgehead atoms. The second-order valence-corrected chi connectivity index (χ2v) is 6.79. The van der Waals surface area contributed by atoms with E-state index >= 15 is 0 Å². The number of alkyl halides is 1. The van der Waals surface area contributed by atoms with E-state index in [2.05, 4.69) is 29.5 Å². The molecule has 0 aromatic carbocycles. The molecule has 0 aromatic rings. The van der Waals surface area contributed by atoms with Crippen LogP contribution in [0.15, 0.2) is 0 Å². The molecular weight excluding hydrogens is 359 g/mol. The Bertz CT molecular complexity index is 366. The van der Waals surface area contributed by atoms with Crippen molar-refractivity contribution in [1.82, 2.24) is 0 Å². The molecule has 0 aliphatic heterocycles. The van der Waals surface area contributed by atoms with Gasteiger partial charge in [0.25, 0.3) is 0 Å². The van der Waals surface area contributed by atoms with Crippen molar-refractivity contribution in [2.24, 2.45) is 29.1 Å². The zero-order valence-electron chi connectivity index (χ0n) is 11.6. The van der Waals surface area contributed by atoms with Gasteiger partial charge in [-0.25, -0.2) is 0 Å². The molecule has 1 unspecified atom stereocenters. The fourth-order valence-corrected chi connectivity index (χ4v) is 5.25. The molecule has 2 saturated carbocycles. The van der Waals surface area contributed by atoms with Crippen molar-refractivity contribution in [2.75, 3.05) is 18.6 Å². The van der Waals surface area contributed by atoms with Crippen molar-refractivity contribution in [3.63, 3.8) is 0 Å². The Morgan fingerprint density at radius 3 is 2.21 bits per heavy atom. The van der Waals surface area contributed by atoms with Gasteiger partial charge in [0.05, 0.1) is 14.2 Å². The van der Waals surface area contributed by atoms with Crippen LogP contribution >= 0.6 is 22.6 Å². The first-order chi connectivity index (χ1) is 9.00. The van der Waals surface area contributed by atoms with E-state index in [0.717, 1.165) is 10.8 Å². The third kappa shape index (κ3) is 2.28. The highest BCUT2D eigenvalue weighted by Gasteiger charge is 2.60. The molecule has 0 spiro atoms. The molecule has 0 N–H and O–H groups in total. The number of hydrogen-bond acceptors (Lipinski definition) is 4. The summed E-state index contributed by atoms with van der Waals surface area (Å²) < 4.78 is 10.9. The van der Waals surface area contributed by atoms with Crippen LogP contribution < -0.4 is 0 Å². The quantitative estimate of drug-likeness (QED) is 0.327. The molecule has 2 aliphatic rings. The monoisotopic (exact) mass is 380 g/mol. The van der Waals surface area contributed by atoms with Gasteiger partial charge in [0.2, 0.25) is 0 Å². The highest BCUT2D eigenvalue weighted by atomic mass is 127. The number of esters is 2. The summed E-state index contributed by atoms with van der Waals surface area (Å²) in [5, 5.41) is 0. The van der Waals surface area contributed by atoms with Gasteiger partial charge in [-0.05, 0) is 42.9 Å². The highest BCUT2D eigenvalue weighted by Crippen LogP contribution is 2.58. The Kier molecular flexibility index (Phi) is 4.42. The van der Waals surface area contributed by atoms with E-state index in [0.29, 0.717) is 36.5 Å². The molecule has 4 nitrogen and oxygen atoms in total. The lowest BCUT2D eigenvalue weighted by atomic mass is 9.80. The number of rotatable bonds is 3. The minimum atomic E-state index is -1.05. The summed E-state index contributed by atoms with van der Waals surface area (Å²) in [6, 6.07) is 0. The average molecular weight is 380 g/mol. The standard InChI is InChI=1S/C14H21IO4/c1-8-10(7-15)4-9-5-14(6-11(8)9,12(16)18-2)13(17)19-3/h8-11H,4-7H2,1-3H3/t8-,9+,10?,11+/m1/s1. The summed E-state index contributed by atoms with van der Waals surface area (Å²) in [6.07, 6.45) is 2.30. The summed E-state index contributed by atoms with van der Waals surface area (Å²) in [5.41, 5.74) is -1.05. The second-order valence-electron chi connectivity index (χ2n) is 5.91. The first-order valence-electron chi connectivity index (χ1n) is 6.73. The van der Waals surface area contributed by atoms with Gasteiger partial charge >= 0.3 is 11.9 Å². The van der Waals surface area contributed by atoms with Gasteiger partial charge in [-0.2, -0.15) is 0 Å². The number of ether oxygens (including phenoxy) is 2. The van der Waals surface area contributed by atoms with Crippen molar-refractivity contribution in [3.8, 4) is 0 Å². The van der Waals surface area contributed by atoms with Crippen LogP contribution in [0, 0.1) is 29.1 Å². The molecule has 2 fully saturated rings. The zero-order valence-corrected chi connectivity index (χ0v) is 13.8. The first-order valence-corrected chi connectivity index (χ1v) is 8.25. The fourth-order valence-electron chi connectivity index (χ4n) is 4.09. The molecule has 5 heteroatoms. The van der Waals surface area contributed by atoms with Crippen LogP contribution in [0.2, 0.25) is 0 Å². The smallest absolute Gasteiger partial charge is 0.323 e. The molecule has 2 aliphatic carbocycles. The van der Waals surface area contributed by atoms with Crippen LogP contribution in [-0.2, 0) is 19.1 Å². The van der Waals surface area contributed by atoms with E-state index in [9.17, 15) is 9.59 Å². The summed E-state index contributed by atoms with van der Waals surface area (Å²) in [5.74, 6) is 1.33. The van der Waals surface area contributed by atoms with Crippen molar-refractivity contribution >= 4 is 34.5 Å². The second kappa shape index (κ2) is 5.58. The summed E-state index contributed by atoms with van der Waals surface area (Å²) >= 11 is 2.43. The van der Waals surface area contributed by atoms with Gasteiger partial charge in [0, 0.05) is 4.43 Å². The number of carbonyl (C=O) groups excluding carboxylic acids is 2. The maximum atomic E-state index is 12.1. The van der Waals surface area contributed by atoms with Gasteiger partial charge in [0.1, 0.15) is 0 Å². The summed E-state index contributed by atoms with van der Waals surface area (Å²) in [4.78, 5) is 24.2. The molecular formula is C14H21IO4. The Morgan fingerprint density at radius 1 is 1.21 bits per heavy atom. The minimum absolute atomic E-state index is 0.424. The Hall–Kier alpha value is -0.330. The Labute approximate surface area is 127 Å². The van der Waals surface area contributed by atoms with Crippen LogP contribution in [-0.4, -0.2) is 30.6 Å². The van der Waals surface area contributed by atoms with E-state index in [4.69, 9.17) is 9.47 Å². The fraction of sp³-hybridized carbons (Fsp3) is 0.857. The predicted molar refractivity (Wildman–Crippen MR) is 78.8 cm³/mol. The predicted octanol–water partition coefficient (Wildman–Crippen LogP) is 2.44. The lowest BCUT2D eigenvalue weighted by molar-refractivity contribution is -0.169. The van der Waals surface area contributed by atoms with Crippen LogP contribution in [0.25, 0.3) is 0 Å². The number of fused-ring (bicyclic) bond motifs is 1. The Balaban J connectivity index is 2.24. The molecule has 2 rings (SSSR count). The van der Waals surface area contributed by atoms with Gasteiger partial charge in [-0.3, -0.25) is 9.59 Å². The van der Waals surface area contributed by atoms with E-state index < -0.39 is 17.4 Å². The molecule has 0 aromatic heterocycles. The van der Waals surface area contributed by atoms with Crippen LogP contribution in [0.4, 0.5) is 0 Å². The minimum Gasteiger partial charge on any atom is -0.468 e. The van der Waals surface area contributed by atoms with Crippen LogP contribution in [0.3, 0.4) is 0 Å². The van der Waals surface area contributed by atoms with Crippen molar-refractivity contribution < 1.29 is 19.1 Å². The van der Waals surface area contributed by atoms with Crippen molar-refractivity contribution in [2.45, 2.75) is 26.2 Å². The van der Waals surface area contributed by atoms with E-state index in [-0.39, 0.29) is 0 Å². The third-order valence-corrected chi connectivity index (χ3v) is 6.31. The van der Waals surface area contributed by atoms with Gasteiger partial charge in [-0.1, -0.05) is 29.5 Å². The molecule has 0 heterocycles. The van der Waals surface area contributed by atoms with Crippen LogP contribution in [0.1, 0.15) is 26.2 Å². The number of halogens is 1. The van der Waals surface area contributed by atoms with E-state index in [1.165, 1.54) is 14.2 Å². The number of carbonyl (C=O) groups is 2. The molecule has 19 heavy (non-hydrogen) atoms. The normalized spacial score (nSPS) is 35.8. The molecule has 0 saturated heterocycles. The molecule has 0 radical (unpaired) electrons. The van der Waals surface area contributed by atoms with Crippen LogP contribution in [0.5, 0.6) is 0 Å².